The highest BCUT2D eigenvalue weighted by molar-refractivity contribution is 5.96. The van der Waals surface area contributed by atoms with Crippen LogP contribution in [-0.2, 0) is 23.9 Å². The van der Waals surface area contributed by atoms with E-state index in [1.54, 1.807) is 13.8 Å². The van der Waals surface area contributed by atoms with Gasteiger partial charge >= 0.3 is 5.97 Å². The third-order valence-electron chi connectivity index (χ3n) is 7.72. The second kappa shape index (κ2) is 23.4. The summed E-state index contributed by atoms with van der Waals surface area (Å²) in [6, 6.07) is -2.57. The molecule has 1 aliphatic rings. The van der Waals surface area contributed by atoms with E-state index in [2.05, 4.69) is 16.0 Å². The average Bonchev–Trinajstić information content (AvgIpc) is 3.01. The molecule has 6 atom stereocenters. The molecule has 6 unspecified atom stereocenters. The molecular weight excluding hydrogens is 648 g/mol. The maximum atomic E-state index is 12.6. The van der Waals surface area contributed by atoms with Crippen molar-refractivity contribution in [1.82, 2.24) is 31.1 Å². The number of hydroxylamine groups is 6. The maximum Gasteiger partial charge on any atom is 0.328 e. The minimum Gasteiger partial charge on any atom is -0.464 e. The Kier molecular flexibility index (Phi) is 21.0. The second-order valence-electron chi connectivity index (χ2n) is 12.2. The van der Waals surface area contributed by atoms with Crippen LogP contribution in [0.2, 0.25) is 0 Å². The molecule has 49 heavy (non-hydrogen) atoms. The molecule has 282 valence electrons. The fourth-order valence-corrected chi connectivity index (χ4v) is 4.84. The van der Waals surface area contributed by atoms with Crippen LogP contribution in [0.25, 0.3) is 0 Å². The molecule has 0 spiro atoms. The van der Waals surface area contributed by atoms with Crippen LogP contribution in [0, 0.1) is 0 Å². The lowest BCUT2D eigenvalue weighted by atomic mass is 10.0. The van der Waals surface area contributed by atoms with Gasteiger partial charge in [0.15, 0.2) is 0 Å². The van der Waals surface area contributed by atoms with Crippen molar-refractivity contribution >= 4 is 23.7 Å². The number of hydrogen-bond acceptors (Lipinski definition) is 15. The fraction of sp³-hybridized carbons (Fsp3) is 0.742. The van der Waals surface area contributed by atoms with Crippen LogP contribution in [-0.4, -0.2) is 145 Å². The van der Waals surface area contributed by atoms with Crippen molar-refractivity contribution in [2.75, 3.05) is 32.8 Å². The quantitative estimate of drug-likeness (QED) is 0.0252. The highest BCUT2D eigenvalue weighted by Gasteiger charge is 2.33. The van der Waals surface area contributed by atoms with Crippen LogP contribution < -0.4 is 16.0 Å². The molecule has 0 aromatic heterocycles. The molecule has 3 amide bonds. The smallest absolute Gasteiger partial charge is 0.328 e. The van der Waals surface area contributed by atoms with Crippen LogP contribution >= 0.6 is 0 Å². The first-order valence-corrected chi connectivity index (χ1v) is 16.5. The van der Waals surface area contributed by atoms with Gasteiger partial charge < -0.3 is 56.7 Å². The summed E-state index contributed by atoms with van der Waals surface area (Å²) in [7, 11) is 0. The summed E-state index contributed by atoms with van der Waals surface area (Å²) in [5.41, 5.74) is 1.28. The summed E-state index contributed by atoms with van der Waals surface area (Å²) in [5.74, 6) is -1.91. The van der Waals surface area contributed by atoms with Gasteiger partial charge in [-0.15, -0.1) is 0 Å². The van der Waals surface area contributed by atoms with Crippen LogP contribution in [0.1, 0.15) is 79.1 Å². The van der Waals surface area contributed by atoms with Gasteiger partial charge in [0.1, 0.15) is 36.8 Å². The topological polar surface area (TPSA) is 265 Å². The number of piperazine rings is 1. The number of aliphatic hydroxyl groups excluding tert-OH is 4. The highest BCUT2D eigenvalue weighted by atomic mass is 16.5. The Hall–Kier alpha value is -3.04. The van der Waals surface area contributed by atoms with E-state index in [9.17, 15) is 50.1 Å². The van der Waals surface area contributed by atoms with Crippen molar-refractivity contribution < 1.29 is 60.0 Å². The highest BCUT2D eigenvalue weighted by Crippen LogP contribution is 2.12. The van der Waals surface area contributed by atoms with Crippen molar-refractivity contribution in [3.63, 3.8) is 0 Å². The molecule has 1 fully saturated rings. The fourth-order valence-electron chi connectivity index (χ4n) is 4.84. The number of carbonyl (C=O) groups is 4. The van der Waals surface area contributed by atoms with Crippen LogP contribution in [0.3, 0.4) is 0 Å². The molecule has 1 heterocycles. The Bertz CT molecular complexity index is 1110. The Balaban J connectivity index is 2.45. The summed E-state index contributed by atoms with van der Waals surface area (Å²) in [5, 5.41) is 78.3. The molecule has 1 saturated heterocycles. The van der Waals surface area contributed by atoms with Gasteiger partial charge in [0, 0.05) is 39.6 Å². The molecule has 0 bridgehead atoms. The van der Waals surface area contributed by atoms with Gasteiger partial charge in [0.05, 0.1) is 6.61 Å². The monoisotopic (exact) mass is 704 g/mol. The third-order valence-corrected chi connectivity index (χ3v) is 7.72. The lowest BCUT2D eigenvalue weighted by Crippen LogP contribution is -2.61. The minimum absolute atomic E-state index is 0.00875. The molecule has 1 aliphatic heterocycles. The van der Waals surface area contributed by atoms with Crippen LogP contribution in [0.5, 0.6) is 0 Å². The number of ether oxygens (including phenoxy) is 1. The van der Waals surface area contributed by atoms with Crippen molar-refractivity contribution in [2.24, 2.45) is 0 Å². The van der Waals surface area contributed by atoms with E-state index in [4.69, 9.17) is 9.84 Å². The standard InChI is InChI=1S/C31H56N6O12/c1-20(11-16-38)18-27(41)37(48)15-7-10-26(32-22(3)39)31(45)49-17-12-21(2)19-28(42)36(47)14-6-9-25-30(44)33-24(29(43)34-25)8-5-13-35(46)23(4)40/h18-19,23-28,38,40-42,46-48H,5-17H2,1-4H3,(H,32,39)(H,33,44)(H,34,43). The molecule has 0 aliphatic carbocycles. The zero-order chi connectivity index (χ0) is 37.1. The minimum atomic E-state index is -1.39. The first-order valence-electron chi connectivity index (χ1n) is 16.5. The number of carbonyl (C=O) groups excluding carboxylic acids is 4. The normalized spacial score (nSPS) is 19.8. The van der Waals surface area contributed by atoms with Gasteiger partial charge in [-0.25, -0.2) is 4.79 Å². The summed E-state index contributed by atoms with van der Waals surface area (Å²) in [6.07, 6.45) is 1.01. The van der Waals surface area contributed by atoms with E-state index < -0.39 is 48.7 Å². The number of nitrogens with one attached hydrogen (secondary N) is 3. The first kappa shape index (κ1) is 44.0. The van der Waals surface area contributed by atoms with Gasteiger partial charge in [-0.1, -0.05) is 11.1 Å². The third kappa shape index (κ3) is 18.0. The van der Waals surface area contributed by atoms with E-state index in [1.807, 2.05) is 0 Å². The molecule has 0 radical (unpaired) electrons. The summed E-state index contributed by atoms with van der Waals surface area (Å²) in [4.78, 5) is 49.1. The van der Waals surface area contributed by atoms with E-state index >= 15 is 0 Å². The Morgan fingerprint density at radius 3 is 1.76 bits per heavy atom. The van der Waals surface area contributed by atoms with E-state index in [-0.39, 0.29) is 83.2 Å². The Labute approximate surface area is 286 Å². The largest absolute Gasteiger partial charge is 0.464 e. The Morgan fingerprint density at radius 2 is 1.29 bits per heavy atom. The maximum absolute atomic E-state index is 12.6. The summed E-state index contributed by atoms with van der Waals surface area (Å²) < 4.78 is 5.30. The van der Waals surface area contributed by atoms with Gasteiger partial charge in [-0.05, 0) is 77.9 Å². The molecule has 0 saturated carbocycles. The lowest BCUT2D eigenvalue weighted by molar-refractivity contribution is -0.189. The SMILES string of the molecule is CC(=O)NC(CCCN(O)C(O)C=C(C)CCO)C(=O)OCCC(C)=CC(O)N(O)CCCC1NC(=O)C(CCCN(O)C(C)O)NC1=O. The van der Waals surface area contributed by atoms with Gasteiger partial charge in [-0.3, -0.25) is 14.4 Å². The number of rotatable bonds is 24. The summed E-state index contributed by atoms with van der Waals surface area (Å²) >= 11 is 0. The number of amides is 3. The van der Waals surface area contributed by atoms with Gasteiger partial charge in [0.2, 0.25) is 17.7 Å². The molecule has 0 aromatic rings. The van der Waals surface area contributed by atoms with Gasteiger partial charge in [-0.2, -0.15) is 15.2 Å². The summed E-state index contributed by atoms with van der Waals surface area (Å²) in [6.45, 7) is 5.93. The molecule has 10 N–H and O–H groups in total. The predicted molar refractivity (Wildman–Crippen MR) is 173 cm³/mol. The van der Waals surface area contributed by atoms with Gasteiger partial charge in [0.25, 0.3) is 0 Å². The zero-order valence-corrected chi connectivity index (χ0v) is 28.8. The van der Waals surface area contributed by atoms with Crippen molar-refractivity contribution in [3.05, 3.63) is 23.3 Å². The van der Waals surface area contributed by atoms with Crippen LogP contribution in [0.4, 0.5) is 0 Å². The predicted octanol–water partition coefficient (Wildman–Crippen LogP) is -0.928. The number of nitrogens with zero attached hydrogens (tertiary/aromatic N) is 3. The van der Waals surface area contributed by atoms with Crippen molar-refractivity contribution in [3.8, 4) is 0 Å². The van der Waals surface area contributed by atoms with E-state index in [1.165, 1.54) is 26.0 Å². The van der Waals surface area contributed by atoms with E-state index in [0.29, 0.717) is 34.1 Å². The number of hydrogen-bond donors (Lipinski definition) is 10. The molecule has 1 rings (SSSR count). The molecule has 18 nitrogen and oxygen atoms in total. The van der Waals surface area contributed by atoms with Crippen LogP contribution in [0.15, 0.2) is 23.3 Å². The lowest BCUT2D eigenvalue weighted by Gasteiger charge is -2.30. The van der Waals surface area contributed by atoms with Crippen molar-refractivity contribution in [2.45, 2.75) is 116 Å². The zero-order valence-electron chi connectivity index (χ0n) is 28.8. The average molecular weight is 705 g/mol. The van der Waals surface area contributed by atoms with Crippen molar-refractivity contribution in [1.29, 1.82) is 0 Å². The molecule has 18 heteroatoms. The van der Waals surface area contributed by atoms with E-state index in [0.717, 1.165) is 5.06 Å². The second-order valence-corrected chi connectivity index (χ2v) is 12.2. The molecule has 0 aromatic carbocycles. The molecular formula is C31H56N6O12. The Morgan fingerprint density at radius 1 is 0.816 bits per heavy atom. The number of esters is 1. The number of aliphatic hydroxyl groups is 4. The first-order chi connectivity index (χ1) is 23.0.